The highest BCUT2D eigenvalue weighted by Gasteiger charge is 2.31. The van der Waals surface area contributed by atoms with Crippen LogP contribution in [0.2, 0.25) is 0 Å². The first kappa shape index (κ1) is 20.2. The normalized spacial score (nSPS) is 19.7. The second kappa shape index (κ2) is 10.8. The average Bonchev–Trinajstić information content (AvgIpc) is 2.64. The van der Waals surface area contributed by atoms with Gasteiger partial charge in [0.1, 0.15) is 13.2 Å². The minimum absolute atomic E-state index is 0.0549. The lowest BCUT2D eigenvalue weighted by Crippen LogP contribution is -2.34. The zero-order chi connectivity index (χ0) is 18.0. The van der Waals surface area contributed by atoms with E-state index < -0.39 is 25.4 Å². The molecule has 1 fully saturated rings. The number of ether oxygens (including phenoxy) is 4. The van der Waals surface area contributed by atoms with Crippen LogP contribution in [-0.4, -0.2) is 44.7 Å². The molecule has 4 nitrogen and oxygen atoms in total. The molecule has 1 aliphatic heterocycles. The maximum Gasteiger partial charge on any atom is 0.293 e. The summed E-state index contributed by atoms with van der Waals surface area (Å²) in [4.78, 5) is 0. The van der Waals surface area contributed by atoms with E-state index in [0.29, 0.717) is 26.1 Å². The molecular formula is C19H28F2O4. The highest BCUT2D eigenvalue weighted by molar-refractivity contribution is 5.13. The van der Waals surface area contributed by atoms with Gasteiger partial charge in [0.2, 0.25) is 0 Å². The van der Waals surface area contributed by atoms with E-state index in [1.165, 1.54) is 0 Å². The minimum atomic E-state index is -3.01. The van der Waals surface area contributed by atoms with Gasteiger partial charge in [-0.15, -0.1) is 0 Å². The first-order chi connectivity index (χ1) is 12.1. The smallest absolute Gasteiger partial charge is 0.293 e. The molecule has 1 aromatic carbocycles. The molecule has 0 spiro atoms. The second-order valence-corrected chi connectivity index (χ2v) is 6.41. The fourth-order valence-electron chi connectivity index (χ4n) is 2.47. The van der Waals surface area contributed by atoms with Crippen molar-refractivity contribution in [3.8, 4) is 0 Å². The number of alkyl halides is 2. The zero-order valence-electron chi connectivity index (χ0n) is 14.8. The van der Waals surface area contributed by atoms with Crippen molar-refractivity contribution in [1.29, 1.82) is 0 Å². The van der Waals surface area contributed by atoms with Crippen LogP contribution in [0.5, 0.6) is 0 Å². The quantitative estimate of drug-likeness (QED) is 0.556. The van der Waals surface area contributed by atoms with Crippen LogP contribution in [-0.2, 0) is 25.6 Å². The Bertz CT molecular complexity index is 464. The summed E-state index contributed by atoms with van der Waals surface area (Å²) in [5.74, 6) is -3.01. The molecule has 1 saturated heterocycles. The van der Waals surface area contributed by atoms with Gasteiger partial charge in [-0.05, 0) is 38.2 Å². The van der Waals surface area contributed by atoms with Crippen molar-refractivity contribution in [3.05, 3.63) is 35.9 Å². The summed E-state index contributed by atoms with van der Waals surface area (Å²) in [5.41, 5.74) is 1.09. The summed E-state index contributed by atoms with van der Waals surface area (Å²) in [6, 6.07) is 9.83. The van der Waals surface area contributed by atoms with Gasteiger partial charge in [0.25, 0.3) is 5.92 Å². The Morgan fingerprint density at radius 3 is 2.72 bits per heavy atom. The van der Waals surface area contributed by atoms with E-state index in [0.717, 1.165) is 18.4 Å². The first-order valence-corrected chi connectivity index (χ1v) is 8.89. The van der Waals surface area contributed by atoms with Gasteiger partial charge < -0.3 is 18.9 Å². The Labute approximate surface area is 148 Å². The van der Waals surface area contributed by atoms with Gasteiger partial charge >= 0.3 is 0 Å². The minimum Gasteiger partial charge on any atom is -0.375 e. The van der Waals surface area contributed by atoms with E-state index in [2.05, 4.69) is 0 Å². The molecule has 0 saturated carbocycles. The van der Waals surface area contributed by atoms with Crippen LogP contribution in [0, 0.1) is 0 Å². The maximum absolute atomic E-state index is 13.7. The van der Waals surface area contributed by atoms with E-state index in [1.807, 2.05) is 37.3 Å². The fraction of sp³-hybridized carbons (Fsp3) is 0.684. The summed E-state index contributed by atoms with van der Waals surface area (Å²) in [6.07, 6.45) is 2.59. The van der Waals surface area contributed by atoms with E-state index in [1.54, 1.807) is 0 Å². The summed E-state index contributed by atoms with van der Waals surface area (Å²) >= 11 is 0. The van der Waals surface area contributed by atoms with Crippen molar-refractivity contribution < 1.29 is 27.7 Å². The van der Waals surface area contributed by atoms with Crippen molar-refractivity contribution >= 4 is 0 Å². The van der Waals surface area contributed by atoms with Gasteiger partial charge in [-0.1, -0.05) is 30.3 Å². The SMILES string of the molecule is CC(CCOCC(F)(F)COC1CCCCO1)OCc1ccccc1. The fourth-order valence-corrected chi connectivity index (χ4v) is 2.47. The highest BCUT2D eigenvalue weighted by atomic mass is 19.3. The lowest BCUT2D eigenvalue weighted by molar-refractivity contribution is -0.210. The molecule has 0 N–H and O–H groups in total. The molecule has 142 valence electrons. The van der Waals surface area contributed by atoms with Gasteiger partial charge in [-0.25, -0.2) is 8.78 Å². The van der Waals surface area contributed by atoms with Gasteiger partial charge in [0, 0.05) is 13.2 Å². The lowest BCUT2D eigenvalue weighted by atomic mass is 10.2. The van der Waals surface area contributed by atoms with E-state index in [9.17, 15) is 8.78 Å². The molecule has 2 unspecified atom stereocenters. The Kier molecular flexibility index (Phi) is 8.75. The summed E-state index contributed by atoms with van der Waals surface area (Å²) < 4.78 is 48.7. The largest absolute Gasteiger partial charge is 0.375 e. The zero-order valence-corrected chi connectivity index (χ0v) is 14.8. The highest BCUT2D eigenvalue weighted by Crippen LogP contribution is 2.19. The van der Waals surface area contributed by atoms with Crippen molar-refractivity contribution in [2.45, 2.75) is 57.5 Å². The van der Waals surface area contributed by atoms with Gasteiger partial charge in [-0.2, -0.15) is 0 Å². The van der Waals surface area contributed by atoms with Crippen LogP contribution >= 0.6 is 0 Å². The topological polar surface area (TPSA) is 36.9 Å². The molecule has 25 heavy (non-hydrogen) atoms. The standard InChI is InChI=1S/C19H28F2O4/c1-16(24-13-17-7-3-2-4-8-17)10-12-22-14-19(20,21)15-25-18-9-5-6-11-23-18/h2-4,7-8,16,18H,5-6,9-15H2,1H3. The molecule has 2 atom stereocenters. The first-order valence-electron chi connectivity index (χ1n) is 8.89. The average molecular weight is 358 g/mol. The van der Waals surface area contributed by atoms with E-state index in [-0.39, 0.29) is 12.7 Å². The van der Waals surface area contributed by atoms with E-state index >= 15 is 0 Å². The Morgan fingerprint density at radius 1 is 1.20 bits per heavy atom. The number of halogens is 2. The molecule has 0 radical (unpaired) electrons. The Hall–Kier alpha value is -1.08. The second-order valence-electron chi connectivity index (χ2n) is 6.41. The van der Waals surface area contributed by atoms with Crippen molar-refractivity contribution in [2.75, 3.05) is 26.4 Å². The van der Waals surface area contributed by atoms with Gasteiger partial charge in [0.15, 0.2) is 6.29 Å². The number of hydrogen-bond acceptors (Lipinski definition) is 4. The van der Waals surface area contributed by atoms with Crippen LogP contribution in [0.1, 0.15) is 38.2 Å². The third-order valence-electron chi connectivity index (χ3n) is 3.98. The molecule has 0 amide bonds. The third kappa shape index (κ3) is 8.72. The Morgan fingerprint density at radius 2 is 2.00 bits per heavy atom. The molecule has 1 aromatic rings. The number of hydrogen-bond donors (Lipinski definition) is 0. The molecule has 2 rings (SSSR count). The van der Waals surface area contributed by atoms with Crippen molar-refractivity contribution in [3.63, 3.8) is 0 Å². The van der Waals surface area contributed by atoms with Crippen LogP contribution in [0.3, 0.4) is 0 Å². The summed E-state index contributed by atoms with van der Waals surface area (Å²) in [6.45, 7) is 1.91. The molecule has 1 heterocycles. The van der Waals surface area contributed by atoms with Gasteiger partial charge in [0.05, 0.1) is 12.7 Å². The summed E-state index contributed by atoms with van der Waals surface area (Å²) in [5, 5.41) is 0. The van der Waals surface area contributed by atoms with Crippen LogP contribution in [0.4, 0.5) is 8.78 Å². The molecule has 0 aliphatic carbocycles. The predicted octanol–water partition coefficient (Wildman–Crippen LogP) is 4.18. The molecule has 1 aliphatic rings. The number of rotatable bonds is 11. The lowest BCUT2D eigenvalue weighted by Gasteiger charge is -2.25. The van der Waals surface area contributed by atoms with Crippen molar-refractivity contribution in [2.24, 2.45) is 0 Å². The summed E-state index contributed by atoms with van der Waals surface area (Å²) in [7, 11) is 0. The molecule has 0 aromatic heterocycles. The predicted molar refractivity (Wildman–Crippen MR) is 90.6 cm³/mol. The molecule has 0 bridgehead atoms. The monoisotopic (exact) mass is 358 g/mol. The molecule has 6 heteroatoms. The van der Waals surface area contributed by atoms with Gasteiger partial charge in [-0.3, -0.25) is 0 Å². The van der Waals surface area contributed by atoms with Crippen molar-refractivity contribution in [1.82, 2.24) is 0 Å². The number of benzene rings is 1. The van der Waals surface area contributed by atoms with Crippen LogP contribution in [0.15, 0.2) is 30.3 Å². The van der Waals surface area contributed by atoms with Crippen LogP contribution < -0.4 is 0 Å². The maximum atomic E-state index is 13.7. The molecular weight excluding hydrogens is 330 g/mol. The third-order valence-corrected chi connectivity index (χ3v) is 3.98. The van der Waals surface area contributed by atoms with Crippen LogP contribution in [0.25, 0.3) is 0 Å². The van der Waals surface area contributed by atoms with E-state index in [4.69, 9.17) is 18.9 Å². The Balaban J connectivity index is 1.53.